The van der Waals surface area contributed by atoms with Gasteiger partial charge in [-0.2, -0.15) is 0 Å². The van der Waals surface area contributed by atoms with Crippen molar-refractivity contribution in [2.45, 2.75) is 44.8 Å². The second kappa shape index (κ2) is 14.2. The standard InChI is InChI=1S/C24H29N3O8/c1-34-21-12-11-19(27(32)33)14-18(21)15-20(23(29)30)26-22(28)10-6-3-7-13-25-24(31)35-16-17-8-4-2-5-9-17/h2,4-5,8-9,11-12,14,20H,3,6-7,10,13,15-16H2,1H3,(H,25,31)(H,26,28)(H,29,30)/t20-/m0/s1. The molecule has 0 aliphatic rings. The lowest BCUT2D eigenvalue weighted by Gasteiger charge is -2.16. The fraction of sp³-hybridized carbons (Fsp3) is 0.375. The SMILES string of the molecule is COc1ccc([N+](=O)[O-])cc1C[C@H](NC(=O)CCCCCNC(=O)OCc1ccccc1)C(=O)O. The number of carboxylic acids is 1. The molecular formula is C24H29N3O8. The zero-order chi connectivity index (χ0) is 25.6. The molecule has 11 nitrogen and oxygen atoms in total. The molecule has 2 amide bonds. The van der Waals surface area contributed by atoms with Crippen LogP contribution in [-0.4, -0.2) is 47.7 Å². The number of hydrogen-bond acceptors (Lipinski definition) is 7. The van der Waals surface area contributed by atoms with Crippen LogP contribution in [0, 0.1) is 10.1 Å². The third-order valence-corrected chi connectivity index (χ3v) is 5.09. The summed E-state index contributed by atoms with van der Waals surface area (Å²) in [4.78, 5) is 46.0. The predicted molar refractivity (Wildman–Crippen MR) is 126 cm³/mol. The Morgan fingerprint density at radius 1 is 1.09 bits per heavy atom. The lowest BCUT2D eigenvalue weighted by molar-refractivity contribution is -0.384. The summed E-state index contributed by atoms with van der Waals surface area (Å²) in [7, 11) is 1.37. The summed E-state index contributed by atoms with van der Waals surface area (Å²) in [5.41, 5.74) is 0.991. The normalized spacial score (nSPS) is 11.2. The van der Waals surface area contributed by atoms with E-state index < -0.39 is 28.9 Å². The van der Waals surface area contributed by atoms with Gasteiger partial charge in [-0.05, 0) is 24.5 Å². The summed E-state index contributed by atoms with van der Waals surface area (Å²) in [6.07, 6.45) is 1.19. The van der Waals surface area contributed by atoms with Gasteiger partial charge in [0, 0.05) is 37.1 Å². The molecule has 0 fully saturated rings. The number of carboxylic acid groups (broad SMARTS) is 1. The number of alkyl carbamates (subject to hydrolysis) is 1. The number of nitro benzene ring substituents is 1. The highest BCUT2D eigenvalue weighted by molar-refractivity contribution is 5.83. The molecule has 188 valence electrons. The van der Waals surface area contributed by atoms with E-state index in [1.54, 1.807) is 0 Å². The molecule has 0 saturated heterocycles. The van der Waals surface area contributed by atoms with Crippen molar-refractivity contribution in [3.05, 3.63) is 69.8 Å². The summed E-state index contributed by atoms with van der Waals surface area (Å²) >= 11 is 0. The lowest BCUT2D eigenvalue weighted by atomic mass is 10.0. The van der Waals surface area contributed by atoms with Crippen LogP contribution < -0.4 is 15.4 Å². The number of aliphatic carboxylic acids is 1. The molecule has 3 N–H and O–H groups in total. The molecule has 2 aromatic carbocycles. The molecule has 11 heteroatoms. The Bertz CT molecular complexity index is 1010. The van der Waals surface area contributed by atoms with Crippen LogP contribution in [0.3, 0.4) is 0 Å². The fourth-order valence-electron chi connectivity index (χ4n) is 3.28. The van der Waals surface area contributed by atoms with E-state index in [-0.39, 0.29) is 25.1 Å². The van der Waals surface area contributed by atoms with Crippen LogP contribution in [0.4, 0.5) is 10.5 Å². The molecule has 2 aromatic rings. The van der Waals surface area contributed by atoms with Crippen molar-refractivity contribution < 1.29 is 33.9 Å². The molecule has 0 radical (unpaired) electrons. The summed E-state index contributed by atoms with van der Waals surface area (Å²) in [5, 5.41) is 25.6. The third kappa shape index (κ3) is 9.70. The van der Waals surface area contributed by atoms with Crippen LogP contribution in [-0.2, 0) is 27.4 Å². The van der Waals surface area contributed by atoms with Crippen molar-refractivity contribution >= 4 is 23.7 Å². The minimum absolute atomic E-state index is 0.105. The Morgan fingerprint density at radius 3 is 2.49 bits per heavy atom. The van der Waals surface area contributed by atoms with Crippen molar-refractivity contribution in [1.29, 1.82) is 0 Å². The van der Waals surface area contributed by atoms with E-state index in [2.05, 4.69) is 10.6 Å². The summed E-state index contributed by atoms with van der Waals surface area (Å²) in [5.74, 6) is -1.41. The van der Waals surface area contributed by atoms with Crippen molar-refractivity contribution in [3.8, 4) is 5.75 Å². The fourth-order valence-corrected chi connectivity index (χ4v) is 3.28. The first-order valence-electron chi connectivity index (χ1n) is 11.1. The van der Waals surface area contributed by atoms with E-state index in [1.165, 1.54) is 25.3 Å². The van der Waals surface area contributed by atoms with Crippen LogP contribution in [0.2, 0.25) is 0 Å². The minimum Gasteiger partial charge on any atom is -0.496 e. The van der Waals surface area contributed by atoms with Gasteiger partial charge < -0.3 is 25.2 Å². The zero-order valence-electron chi connectivity index (χ0n) is 19.4. The van der Waals surface area contributed by atoms with Gasteiger partial charge in [0.1, 0.15) is 18.4 Å². The topological polar surface area (TPSA) is 157 Å². The molecule has 0 saturated carbocycles. The quantitative estimate of drug-likeness (QED) is 0.208. The van der Waals surface area contributed by atoms with E-state index in [1.807, 2.05) is 30.3 Å². The van der Waals surface area contributed by atoms with E-state index in [0.29, 0.717) is 37.1 Å². The van der Waals surface area contributed by atoms with Crippen LogP contribution >= 0.6 is 0 Å². The van der Waals surface area contributed by atoms with Gasteiger partial charge in [0.2, 0.25) is 5.91 Å². The zero-order valence-corrected chi connectivity index (χ0v) is 19.4. The molecule has 0 aliphatic heterocycles. The second-order valence-corrected chi connectivity index (χ2v) is 7.71. The first-order chi connectivity index (χ1) is 16.8. The van der Waals surface area contributed by atoms with Crippen LogP contribution in [0.15, 0.2) is 48.5 Å². The summed E-state index contributed by atoms with van der Waals surface area (Å²) in [6, 6.07) is 11.9. The van der Waals surface area contributed by atoms with Gasteiger partial charge >= 0.3 is 12.1 Å². The number of ether oxygens (including phenoxy) is 2. The molecule has 0 bridgehead atoms. The summed E-state index contributed by atoms with van der Waals surface area (Å²) < 4.78 is 10.3. The number of nitrogens with zero attached hydrogens (tertiary/aromatic N) is 1. The molecular weight excluding hydrogens is 458 g/mol. The highest BCUT2D eigenvalue weighted by atomic mass is 16.6. The van der Waals surface area contributed by atoms with E-state index >= 15 is 0 Å². The number of rotatable bonds is 14. The maximum atomic E-state index is 12.2. The largest absolute Gasteiger partial charge is 0.496 e. The number of nitro groups is 1. The molecule has 2 rings (SSSR count). The third-order valence-electron chi connectivity index (χ3n) is 5.09. The number of methoxy groups -OCH3 is 1. The van der Waals surface area contributed by atoms with E-state index in [0.717, 1.165) is 5.56 Å². The number of amides is 2. The molecule has 1 atom stereocenters. The van der Waals surface area contributed by atoms with Crippen LogP contribution in [0.25, 0.3) is 0 Å². The average molecular weight is 488 g/mol. The second-order valence-electron chi connectivity index (χ2n) is 7.71. The molecule has 0 heterocycles. The van der Waals surface area contributed by atoms with Crippen molar-refractivity contribution in [2.75, 3.05) is 13.7 Å². The Morgan fingerprint density at radius 2 is 1.83 bits per heavy atom. The average Bonchev–Trinajstić information content (AvgIpc) is 2.84. The van der Waals surface area contributed by atoms with Gasteiger partial charge in [-0.15, -0.1) is 0 Å². The van der Waals surface area contributed by atoms with E-state index in [9.17, 15) is 29.6 Å². The Kier molecular flexibility index (Phi) is 11.0. The monoisotopic (exact) mass is 487 g/mol. The van der Waals surface area contributed by atoms with Gasteiger partial charge in [0.15, 0.2) is 0 Å². The molecule has 0 aliphatic carbocycles. The Hall–Kier alpha value is -4.15. The molecule has 0 unspecified atom stereocenters. The van der Waals surface area contributed by atoms with Gasteiger partial charge in [-0.25, -0.2) is 9.59 Å². The smallest absolute Gasteiger partial charge is 0.407 e. The first kappa shape index (κ1) is 27.1. The minimum atomic E-state index is -1.26. The number of hydrogen-bond donors (Lipinski definition) is 3. The van der Waals surface area contributed by atoms with Crippen LogP contribution in [0.1, 0.15) is 36.8 Å². The van der Waals surface area contributed by atoms with Crippen LogP contribution in [0.5, 0.6) is 5.75 Å². The van der Waals surface area contributed by atoms with Gasteiger partial charge in [0.05, 0.1) is 12.0 Å². The predicted octanol–water partition coefficient (Wildman–Crippen LogP) is 3.20. The maximum Gasteiger partial charge on any atom is 0.407 e. The van der Waals surface area contributed by atoms with Gasteiger partial charge in [0.25, 0.3) is 5.69 Å². The van der Waals surface area contributed by atoms with Gasteiger partial charge in [-0.3, -0.25) is 14.9 Å². The number of carbonyl (C=O) groups excluding carboxylic acids is 2. The Labute approximate surface area is 202 Å². The van der Waals surface area contributed by atoms with E-state index in [4.69, 9.17) is 9.47 Å². The lowest BCUT2D eigenvalue weighted by Crippen LogP contribution is -2.42. The number of nitrogens with one attached hydrogen (secondary N) is 2. The maximum absolute atomic E-state index is 12.2. The van der Waals surface area contributed by atoms with Crippen molar-refractivity contribution in [1.82, 2.24) is 10.6 Å². The van der Waals surface area contributed by atoms with Crippen molar-refractivity contribution in [3.63, 3.8) is 0 Å². The molecule has 0 aromatic heterocycles. The van der Waals surface area contributed by atoms with Gasteiger partial charge in [-0.1, -0.05) is 36.8 Å². The number of unbranched alkanes of at least 4 members (excludes halogenated alkanes) is 2. The summed E-state index contributed by atoms with van der Waals surface area (Å²) in [6.45, 7) is 0.569. The highest BCUT2D eigenvalue weighted by Crippen LogP contribution is 2.25. The number of carbonyl (C=O) groups is 3. The highest BCUT2D eigenvalue weighted by Gasteiger charge is 2.23. The number of benzene rings is 2. The molecule has 35 heavy (non-hydrogen) atoms. The number of non-ortho nitro benzene ring substituents is 1. The molecule has 0 spiro atoms. The Balaban J connectivity index is 1.70. The van der Waals surface area contributed by atoms with Crippen molar-refractivity contribution in [2.24, 2.45) is 0 Å². The first-order valence-corrected chi connectivity index (χ1v) is 11.1.